The van der Waals surface area contributed by atoms with Gasteiger partial charge in [0, 0.05) is 17.6 Å². The summed E-state index contributed by atoms with van der Waals surface area (Å²) in [5.41, 5.74) is 7.46. The Kier molecular flexibility index (Phi) is 3.15. The van der Waals surface area contributed by atoms with Gasteiger partial charge in [-0.15, -0.1) is 0 Å². The van der Waals surface area contributed by atoms with Gasteiger partial charge in [0.15, 0.2) is 0 Å². The molecule has 1 aromatic carbocycles. The van der Waals surface area contributed by atoms with Crippen LogP contribution >= 0.6 is 0 Å². The molecule has 2 atom stereocenters. The van der Waals surface area contributed by atoms with E-state index in [-0.39, 0.29) is 17.9 Å². The number of hydrogen-bond acceptors (Lipinski definition) is 4. The molecule has 98 valence electrons. The summed E-state index contributed by atoms with van der Waals surface area (Å²) in [6.45, 7) is 0.825. The van der Waals surface area contributed by atoms with E-state index < -0.39 is 0 Å². The van der Waals surface area contributed by atoms with Gasteiger partial charge in [-0.25, -0.2) is 0 Å². The molecule has 0 bridgehead atoms. The fraction of sp³-hybridized carbons (Fsp3) is 0.286. The summed E-state index contributed by atoms with van der Waals surface area (Å²) in [5, 5.41) is 3.84. The van der Waals surface area contributed by atoms with Crippen LogP contribution in [0.2, 0.25) is 0 Å². The number of nitrogens with zero attached hydrogens (tertiary/aromatic N) is 1. The highest BCUT2D eigenvalue weighted by atomic mass is 16.5. The highest BCUT2D eigenvalue weighted by molar-refractivity contribution is 6.02. The molecule has 0 saturated carbocycles. The van der Waals surface area contributed by atoms with Gasteiger partial charge in [0.05, 0.1) is 30.3 Å². The molecule has 19 heavy (non-hydrogen) atoms. The van der Waals surface area contributed by atoms with Crippen molar-refractivity contribution in [3.63, 3.8) is 0 Å². The van der Waals surface area contributed by atoms with Crippen molar-refractivity contribution >= 4 is 22.5 Å². The van der Waals surface area contributed by atoms with Gasteiger partial charge in [0.2, 0.25) is 5.91 Å². The average molecular weight is 257 g/mol. The predicted octanol–water partition coefficient (Wildman–Crippen LogP) is 1.15. The Morgan fingerprint density at radius 1 is 1.32 bits per heavy atom. The highest BCUT2D eigenvalue weighted by Crippen LogP contribution is 2.23. The number of benzene rings is 1. The second-order valence-corrected chi connectivity index (χ2v) is 4.67. The van der Waals surface area contributed by atoms with Gasteiger partial charge in [-0.05, 0) is 24.3 Å². The van der Waals surface area contributed by atoms with Crippen LogP contribution in [0.15, 0.2) is 36.5 Å². The Bertz CT molecular complexity index is 609. The van der Waals surface area contributed by atoms with E-state index in [2.05, 4.69) is 10.3 Å². The minimum atomic E-state index is -0.285. The molecule has 1 fully saturated rings. The van der Waals surface area contributed by atoms with Gasteiger partial charge < -0.3 is 15.8 Å². The number of pyridine rings is 1. The molecule has 1 aliphatic rings. The largest absolute Gasteiger partial charge is 0.379 e. The molecule has 2 aromatic rings. The van der Waals surface area contributed by atoms with Crippen LogP contribution < -0.4 is 11.1 Å². The first kappa shape index (κ1) is 12.1. The molecule has 1 aliphatic heterocycles. The van der Waals surface area contributed by atoms with Crippen LogP contribution in [0.3, 0.4) is 0 Å². The lowest BCUT2D eigenvalue weighted by Crippen LogP contribution is -2.37. The number of nitrogens with two attached hydrogens (primary N) is 1. The van der Waals surface area contributed by atoms with Crippen LogP contribution in [0.1, 0.15) is 0 Å². The molecule has 3 N–H and O–H groups in total. The summed E-state index contributed by atoms with van der Waals surface area (Å²) in [4.78, 5) is 16.4. The summed E-state index contributed by atoms with van der Waals surface area (Å²) >= 11 is 0. The third-order valence-electron chi connectivity index (χ3n) is 3.36. The minimum Gasteiger partial charge on any atom is -0.379 e. The molecular weight excluding hydrogens is 242 g/mol. The molecule has 1 amide bonds. The number of aromatic nitrogens is 1. The van der Waals surface area contributed by atoms with Crippen molar-refractivity contribution < 1.29 is 9.53 Å². The van der Waals surface area contributed by atoms with Gasteiger partial charge in [-0.2, -0.15) is 0 Å². The number of carbonyl (C=O) groups excluding carboxylic acids is 1. The van der Waals surface area contributed by atoms with E-state index in [0.717, 1.165) is 16.6 Å². The lowest BCUT2D eigenvalue weighted by atomic mass is 10.0. The number of fused-ring (bicyclic) bond motifs is 1. The van der Waals surface area contributed by atoms with Crippen LogP contribution in [0.5, 0.6) is 0 Å². The van der Waals surface area contributed by atoms with Crippen molar-refractivity contribution in [2.24, 2.45) is 11.7 Å². The van der Waals surface area contributed by atoms with Gasteiger partial charge in [0.1, 0.15) is 0 Å². The zero-order chi connectivity index (χ0) is 13.2. The second kappa shape index (κ2) is 4.95. The zero-order valence-electron chi connectivity index (χ0n) is 10.4. The fourth-order valence-corrected chi connectivity index (χ4v) is 2.28. The molecule has 2 unspecified atom stereocenters. The third-order valence-corrected chi connectivity index (χ3v) is 3.36. The number of hydrogen-bond donors (Lipinski definition) is 2. The first-order valence-corrected chi connectivity index (χ1v) is 6.23. The van der Waals surface area contributed by atoms with Crippen LogP contribution in [0, 0.1) is 5.92 Å². The number of carbonyl (C=O) groups is 1. The molecule has 1 saturated heterocycles. The van der Waals surface area contributed by atoms with E-state index in [4.69, 9.17) is 10.5 Å². The van der Waals surface area contributed by atoms with Crippen LogP contribution in [-0.2, 0) is 9.53 Å². The van der Waals surface area contributed by atoms with E-state index in [1.807, 2.05) is 30.3 Å². The first-order chi connectivity index (χ1) is 9.25. The van der Waals surface area contributed by atoms with Gasteiger partial charge >= 0.3 is 0 Å². The van der Waals surface area contributed by atoms with E-state index in [1.54, 1.807) is 6.20 Å². The smallest absolute Gasteiger partial charge is 0.231 e. The van der Waals surface area contributed by atoms with Crippen molar-refractivity contribution in [1.82, 2.24) is 4.98 Å². The maximum Gasteiger partial charge on any atom is 0.231 e. The molecule has 2 heterocycles. The molecule has 1 aromatic heterocycles. The van der Waals surface area contributed by atoms with Crippen LogP contribution in [-0.4, -0.2) is 30.1 Å². The Morgan fingerprint density at radius 3 is 3.00 bits per heavy atom. The number of nitrogens with one attached hydrogen (secondary N) is 1. The topological polar surface area (TPSA) is 77.2 Å². The molecular formula is C14H15N3O2. The molecule has 0 aliphatic carbocycles. The average Bonchev–Trinajstić information content (AvgIpc) is 2.85. The monoisotopic (exact) mass is 257 g/mol. The quantitative estimate of drug-likeness (QED) is 0.846. The molecule has 0 radical (unpaired) electrons. The van der Waals surface area contributed by atoms with Crippen LogP contribution in [0.4, 0.5) is 5.69 Å². The zero-order valence-corrected chi connectivity index (χ0v) is 10.4. The molecule has 5 heteroatoms. The normalized spacial score (nSPS) is 22.6. The van der Waals surface area contributed by atoms with Gasteiger partial charge in [0.25, 0.3) is 0 Å². The Labute approximate surface area is 110 Å². The lowest BCUT2D eigenvalue weighted by Gasteiger charge is -2.14. The van der Waals surface area contributed by atoms with E-state index in [9.17, 15) is 4.79 Å². The Hall–Kier alpha value is -1.98. The fourth-order valence-electron chi connectivity index (χ4n) is 2.28. The predicted molar refractivity (Wildman–Crippen MR) is 72.7 cm³/mol. The maximum absolute atomic E-state index is 12.2. The second-order valence-electron chi connectivity index (χ2n) is 4.67. The molecule has 0 spiro atoms. The van der Waals surface area contributed by atoms with E-state index in [1.165, 1.54) is 0 Å². The molecule has 5 nitrogen and oxygen atoms in total. The summed E-state index contributed by atoms with van der Waals surface area (Å²) in [6.07, 6.45) is 1.73. The van der Waals surface area contributed by atoms with Gasteiger partial charge in [-0.1, -0.05) is 6.07 Å². The highest BCUT2D eigenvalue weighted by Gasteiger charge is 2.31. The number of ether oxygens (including phenoxy) is 1. The standard InChI is InChI=1S/C14H15N3O2/c15-11-8-19-7-10(11)14(18)17-13-5-1-4-12-9(13)3-2-6-16-12/h1-6,10-11H,7-8,15H2,(H,17,18). The first-order valence-electron chi connectivity index (χ1n) is 6.23. The number of rotatable bonds is 2. The SMILES string of the molecule is NC1COCC1C(=O)Nc1cccc2ncccc12. The van der Waals surface area contributed by atoms with E-state index >= 15 is 0 Å². The Balaban J connectivity index is 1.87. The summed E-state index contributed by atoms with van der Waals surface area (Å²) in [6, 6.07) is 9.20. The minimum absolute atomic E-state index is 0.0960. The number of anilines is 1. The van der Waals surface area contributed by atoms with Crippen molar-refractivity contribution in [3.05, 3.63) is 36.5 Å². The lowest BCUT2D eigenvalue weighted by molar-refractivity contribution is -0.120. The van der Waals surface area contributed by atoms with Crippen molar-refractivity contribution in [3.8, 4) is 0 Å². The van der Waals surface area contributed by atoms with E-state index in [0.29, 0.717) is 13.2 Å². The molecule has 3 rings (SSSR count). The summed E-state index contributed by atoms with van der Waals surface area (Å²) in [5.74, 6) is -0.381. The van der Waals surface area contributed by atoms with Crippen LogP contribution in [0.25, 0.3) is 10.9 Å². The van der Waals surface area contributed by atoms with Crippen molar-refractivity contribution in [2.75, 3.05) is 18.5 Å². The third kappa shape index (κ3) is 2.30. The Morgan fingerprint density at radius 2 is 2.21 bits per heavy atom. The summed E-state index contributed by atoms with van der Waals surface area (Å²) < 4.78 is 5.22. The van der Waals surface area contributed by atoms with Crippen molar-refractivity contribution in [2.45, 2.75) is 6.04 Å². The summed E-state index contributed by atoms with van der Waals surface area (Å²) in [7, 11) is 0. The van der Waals surface area contributed by atoms with Crippen molar-refractivity contribution in [1.29, 1.82) is 0 Å². The maximum atomic E-state index is 12.2. The van der Waals surface area contributed by atoms with Gasteiger partial charge in [-0.3, -0.25) is 9.78 Å². The number of amides is 1.